The molecule has 20 heavy (non-hydrogen) atoms. The van der Waals surface area contributed by atoms with E-state index in [1.54, 1.807) is 12.3 Å². The molecule has 1 aromatic carbocycles. The van der Waals surface area contributed by atoms with Crippen LogP contribution >= 0.6 is 27.5 Å². The molecular formula is C13H13BrClFN4. The number of rotatable bonds is 5. The average molecular weight is 360 g/mol. The smallest absolute Gasteiger partial charge is 0.224 e. The van der Waals surface area contributed by atoms with Crippen molar-refractivity contribution in [2.45, 2.75) is 13.3 Å². The van der Waals surface area contributed by atoms with Gasteiger partial charge in [-0.25, -0.2) is 9.37 Å². The zero-order valence-electron chi connectivity index (χ0n) is 10.8. The minimum Gasteiger partial charge on any atom is -0.354 e. The highest BCUT2D eigenvalue weighted by Gasteiger charge is 2.07. The van der Waals surface area contributed by atoms with E-state index in [1.165, 1.54) is 12.1 Å². The molecule has 1 aromatic heterocycles. The SMILES string of the molecule is CCCNc1ncc(Br)c(Nc2ccc(Cl)c(F)c2)n1. The minimum atomic E-state index is -0.480. The van der Waals surface area contributed by atoms with Crippen molar-refractivity contribution in [1.29, 1.82) is 0 Å². The van der Waals surface area contributed by atoms with E-state index < -0.39 is 5.82 Å². The molecule has 0 aliphatic heterocycles. The largest absolute Gasteiger partial charge is 0.354 e. The third-order valence-electron chi connectivity index (χ3n) is 2.46. The Balaban J connectivity index is 2.20. The molecule has 0 aliphatic rings. The summed E-state index contributed by atoms with van der Waals surface area (Å²) >= 11 is 9.00. The summed E-state index contributed by atoms with van der Waals surface area (Å²) in [5.41, 5.74) is 0.563. The average Bonchev–Trinajstić information content (AvgIpc) is 2.44. The standard InChI is InChI=1S/C13H13BrClFN4/c1-2-5-17-13-18-7-9(14)12(20-13)19-8-3-4-10(15)11(16)6-8/h3-4,6-7H,2,5H2,1H3,(H2,17,18,19,20). The summed E-state index contributed by atoms with van der Waals surface area (Å²) in [6.45, 7) is 2.85. The highest BCUT2D eigenvalue weighted by atomic mass is 79.9. The van der Waals surface area contributed by atoms with Crippen LogP contribution in [0.5, 0.6) is 0 Å². The maximum atomic E-state index is 13.4. The molecule has 106 valence electrons. The molecule has 0 fully saturated rings. The lowest BCUT2D eigenvalue weighted by Crippen LogP contribution is -2.06. The Kier molecular flexibility index (Phi) is 5.14. The van der Waals surface area contributed by atoms with Crippen LogP contribution in [0.4, 0.5) is 21.8 Å². The van der Waals surface area contributed by atoms with E-state index in [4.69, 9.17) is 11.6 Å². The molecule has 0 aliphatic carbocycles. The van der Waals surface area contributed by atoms with Crippen LogP contribution in [0, 0.1) is 5.82 Å². The second-order valence-corrected chi connectivity index (χ2v) is 5.33. The van der Waals surface area contributed by atoms with Crippen LogP contribution in [0.15, 0.2) is 28.9 Å². The van der Waals surface area contributed by atoms with E-state index in [-0.39, 0.29) is 5.02 Å². The van der Waals surface area contributed by atoms with Gasteiger partial charge in [-0.15, -0.1) is 0 Å². The van der Waals surface area contributed by atoms with Crippen molar-refractivity contribution < 1.29 is 4.39 Å². The molecule has 4 nitrogen and oxygen atoms in total. The molecule has 2 rings (SSSR count). The first-order valence-electron chi connectivity index (χ1n) is 6.08. The van der Waals surface area contributed by atoms with Gasteiger partial charge in [0, 0.05) is 18.4 Å². The van der Waals surface area contributed by atoms with Crippen LogP contribution in [-0.4, -0.2) is 16.5 Å². The second-order valence-electron chi connectivity index (χ2n) is 4.07. The van der Waals surface area contributed by atoms with Gasteiger partial charge in [-0.05, 0) is 40.5 Å². The molecule has 0 saturated heterocycles. The summed E-state index contributed by atoms with van der Waals surface area (Å²) < 4.78 is 14.1. The molecule has 2 aromatic rings. The van der Waals surface area contributed by atoms with Crippen LogP contribution in [0.25, 0.3) is 0 Å². The van der Waals surface area contributed by atoms with Gasteiger partial charge in [0.15, 0.2) is 0 Å². The Morgan fingerprint density at radius 3 is 2.90 bits per heavy atom. The first kappa shape index (κ1) is 15.0. The molecule has 7 heteroatoms. The fraction of sp³-hybridized carbons (Fsp3) is 0.231. The summed E-state index contributed by atoms with van der Waals surface area (Å²) in [6, 6.07) is 4.49. The number of benzene rings is 1. The predicted octanol–water partition coefficient (Wildman–Crippen LogP) is 4.60. The topological polar surface area (TPSA) is 49.8 Å². The highest BCUT2D eigenvalue weighted by molar-refractivity contribution is 9.10. The number of nitrogens with zero attached hydrogens (tertiary/aromatic N) is 2. The van der Waals surface area contributed by atoms with Crippen molar-refractivity contribution in [3.05, 3.63) is 39.7 Å². The number of aromatic nitrogens is 2. The molecule has 0 radical (unpaired) electrons. The minimum absolute atomic E-state index is 0.0857. The lowest BCUT2D eigenvalue weighted by Gasteiger charge is -2.10. The number of hydrogen-bond donors (Lipinski definition) is 2. The Hall–Kier alpha value is -1.40. The maximum absolute atomic E-state index is 13.4. The summed E-state index contributed by atoms with van der Waals surface area (Å²) in [7, 11) is 0. The third-order valence-corrected chi connectivity index (χ3v) is 3.35. The van der Waals surface area contributed by atoms with Gasteiger partial charge in [0.25, 0.3) is 0 Å². The summed E-state index contributed by atoms with van der Waals surface area (Å²) in [6.07, 6.45) is 2.62. The quantitative estimate of drug-likeness (QED) is 0.819. The fourth-order valence-electron chi connectivity index (χ4n) is 1.49. The Morgan fingerprint density at radius 2 is 2.20 bits per heavy atom. The predicted molar refractivity (Wildman–Crippen MR) is 83.2 cm³/mol. The van der Waals surface area contributed by atoms with Gasteiger partial charge >= 0.3 is 0 Å². The molecule has 0 saturated carbocycles. The molecule has 0 bridgehead atoms. The van der Waals surface area contributed by atoms with Crippen molar-refractivity contribution in [3.8, 4) is 0 Å². The van der Waals surface area contributed by atoms with Crippen molar-refractivity contribution in [2.24, 2.45) is 0 Å². The highest BCUT2D eigenvalue weighted by Crippen LogP contribution is 2.26. The fourth-order valence-corrected chi connectivity index (χ4v) is 1.90. The van der Waals surface area contributed by atoms with Crippen molar-refractivity contribution in [3.63, 3.8) is 0 Å². The normalized spacial score (nSPS) is 10.4. The summed E-state index contributed by atoms with van der Waals surface area (Å²) in [4.78, 5) is 8.47. The van der Waals surface area contributed by atoms with E-state index in [0.717, 1.165) is 13.0 Å². The second kappa shape index (κ2) is 6.85. The molecule has 0 unspecified atom stereocenters. The van der Waals surface area contributed by atoms with E-state index in [0.29, 0.717) is 21.9 Å². The third kappa shape index (κ3) is 3.80. The molecule has 0 atom stereocenters. The van der Waals surface area contributed by atoms with Crippen molar-refractivity contribution in [1.82, 2.24) is 9.97 Å². The number of nitrogens with one attached hydrogen (secondary N) is 2. The first-order valence-corrected chi connectivity index (χ1v) is 7.25. The monoisotopic (exact) mass is 358 g/mol. The number of anilines is 3. The van der Waals surface area contributed by atoms with Crippen LogP contribution in [0.2, 0.25) is 5.02 Å². The molecule has 0 spiro atoms. The van der Waals surface area contributed by atoms with E-state index >= 15 is 0 Å². The van der Waals surface area contributed by atoms with Gasteiger partial charge in [0.1, 0.15) is 11.6 Å². The van der Waals surface area contributed by atoms with E-state index in [9.17, 15) is 4.39 Å². The Labute approximate surface area is 129 Å². The van der Waals surface area contributed by atoms with Gasteiger partial charge in [0.2, 0.25) is 5.95 Å². The van der Waals surface area contributed by atoms with Gasteiger partial charge in [0.05, 0.1) is 9.50 Å². The van der Waals surface area contributed by atoms with Gasteiger partial charge in [-0.3, -0.25) is 0 Å². The lowest BCUT2D eigenvalue weighted by atomic mass is 10.3. The van der Waals surface area contributed by atoms with Gasteiger partial charge < -0.3 is 10.6 Å². The number of hydrogen-bond acceptors (Lipinski definition) is 4. The van der Waals surface area contributed by atoms with Gasteiger partial charge in [-0.1, -0.05) is 18.5 Å². The zero-order valence-corrected chi connectivity index (χ0v) is 13.1. The summed E-state index contributed by atoms with van der Waals surface area (Å²) in [5, 5.41) is 6.20. The van der Waals surface area contributed by atoms with Crippen LogP contribution in [0.1, 0.15) is 13.3 Å². The Morgan fingerprint density at radius 1 is 1.40 bits per heavy atom. The first-order chi connectivity index (χ1) is 9.60. The molecule has 0 amide bonds. The number of halogens is 3. The molecule has 1 heterocycles. The van der Waals surface area contributed by atoms with Gasteiger partial charge in [-0.2, -0.15) is 4.98 Å². The van der Waals surface area contributed by atoms with Crippen molar-refractivity contribution >= 4 is 45.0 Å². The van der Waals surface area contributed by atoms with Crippen LogP contribution in [0.3, 0.4) is 0 Å². The van der Waals surface area contributed by atoms with E-state index in [1.807, 2.05) is 0 Å². The Bertz CT molecular complexity index is 609. The van der Waals surface area contributed by atoms with Crippen LogP contribution in [-0.2, 0) is 0 Å². The zero-order chi connectivity index (χ0) is 14.5. The van der Waals surface area contributed by atoms with Crippen LogP contribution < -0.4 is 10.6 Å². The molecular weight excluding hydrogens is 347 g/mol. The maximum Gasteiger partial charge on any atom is 0.224 e. The lowest BCUT2D eigenvalue weighted by molar-refractivity contribution is 0.629. The van der Waals surface area contributed by atoms with Crippen molar-refractivity contribution in [2.75, 3.05) is 17.2 Å². The molecule has 2 N–H and O–H groups in total. The van der Waals surface area contributed by atoms with E-state index in [2.05, 4.69) is 43.5 Å². The summed E-state index contributed by atoms with van der Waals surface area (Å²) in [5.74, 6) is 0.596.